The minimum absolute atomic E-state index is 0.357. The summed E-state index contributed by atoms with van der Waals surface area (Å²) >= 11 is 6.23. The molecule has 1 aromatic carbocycles. The normalized spacial score (nSPS) is 10.6. The van der Waals surface area contributed by atoms with E-state index in [-0.39, 0.29) is 6.61 Å². The molecular weight excluding hydrogens is 436 g/mol. The first-order valence-corrected chi connectivity index (χ1v) is 10.2. The number of esters is 1. The topological polar surface area (TPSA) is 68.3 Å². The van der Waals surface area contributed by atoms with Crippen LogP contribution < -0.4 is 5.32 Å². The highest BCUT2D eigenvalue weighted by molar-refractivity contribution is 9.10. The lowest BCUT2D eigenvalue weighted by atomic mass is 10.2. The molecule has 0 fully saturated rings. The Balaban J connectivity index is 1.61. The SMILES string of the molecule is Cc1ccc(NC(=O)COC(=O)c2sc(-c3ccsc3)nc2C)c(Br)c1. The molecule has 134 valence electrons. The van der Waals surface area contributed by atoms with E-state index < -0.39 is 11.9 Å². The van der Waals surface area contributed by atoms with Crippen molar-refractivity contribution in [1.82, 2.24) is 4.98 Å². The fraction of sp³-hybridized carbons (Fsp3) is 0.167. The third-order valence-electron chi connectivity index (χ3n) is 3.48. The number of thiazole rings is 1. The van der Waals surface area contributed by atoms with Gasteiger partial charge < -0.3 is 10.1 Å². The van der Waals surface area contributed by atoms with Gasteiger partial charge in [-0.1, -0.05) is 6.07 Å². The number of anilines is 1. The number of thiophene rings is 1. The lowest BCUT2D eigenvalue weighted by molar-refractivity contribution is -0.119. The van der Waals surface area contributed by atoms with E-state index in [1.807, 2.05) is 35.9 Å². The number of hydrogen-bond acceptors (Lipinski definition) is 6. The van der Waals surface area contributed by atoms with Gasteiger partial charge in [-0.15, -0.1) is 11.3 Å². The summed E-state index contributed by atoms with van der Waals surface area (Å²) in [6.45, 7) is 3.36. The fourth-order valence-electron chi connectivity index (χ4n) is 2.20. The van der Waals surface area contributed by atoms with Gasteiger partial charge in [-0.3, -0.25) is 4.79 Å². The Bertz CT molecular complexity index is 952. The molecule has 0 aliphatic carbocycles. The number of benzene rings is 1. The molecule has 0 unspecified atom stereocenters. The van der Waals surface area contributed by atoms with Crippen molar-refractivity contribution >= 4 is 56.2 Å². The molecule has 0 radical (unpaired) electrons. The maximum atomic E-state index is 12.3. The van der Waals surface area contributed by atoms with E-state index in [1.165, 1.54) is 11.3 Å². The highest BCUT2D eigenvalue weighted by atomic mass is 79.9. The summed E-state index contributed by atoms with van der Waals surface area (Å²) in [7, 11) is 0. The number of carbonyl (C=O) groups excluding carboxylic acids is 2. The highest BCUT2D eigenvalue weighted by Gasteiger charge is 2.19. The summed E-state index contributed by atoms with van der Waals surface area (Å²) in [5, 5.41) is 7.41. The van der Waals surface area contributed by atoms with Crippen LogP contribution in [0.25, 0.3) is 10.6 Å². The van der Waals surface area contributed by atoms with Crippen LogP contribution in [0.2, 0.25) is 0 Å². The van der Waals surface area contributed by atoms with Crippen LogP contribution in [0.15, 0.2) is 39.5 Å². The fourth-order valence-corrected chi connectivity index (χ4v) is 4.46. The van der Waals surface area contributed by atoms with Crippen molar-refractivity contribution in [2.24, 2.45) is 0 Å². The van der Waals surface area contributed by atoms with Crippen LogP contribution in [0.5, 0.6) is 0 Å². The first-order chi connectivity index (χ1) is 12.4. The molecule has 2 aromatic heterocycles. The molecular formula is C18H15BrN2O3S2. The molecule has 1 N–H and O–H groups in total. The molecule has 0 atom stereocenters. The predicted octanol–water partition coefficient (Wildman–Crippen LogP) is 5.05. The lowest BCUT2D eigenvalue weighted by Crippen LogP contribution is -2.21. The number of aryl methyl sites for hydroxylation is 2. The second-order valence-corrected chi connectivity index (χ2v) is 8.19. The number of aromatic nitrogens is 1. The van der Waals surface area contributed by atoms with Crippen molar-refractivity contribution in [2.75, 3.05) is 11.9 Å². The largest absolute Gasteiger partial charge is 0.451 e. The Morgan fingerprint density at radius 3 is 2.77 bits per heavy atom. The molecule has 0 bridgehead atoms. The van der Waals surface area contributed by atoms with E-state index in [4.69, 9.17) is 4.74 Å². The highest BCUT2D eigenvalue weighted by Crippen LogP contribution is 2.30. The Kier molecular flexibility index (Phi) is 5.85. The van der Waals surface area contributed by atoms with Crippen LogP contribution in [-0.4, -0.2) is 23.5 Å². The molecule has 0 aliphatic heterocycles. The molecule has 1 amide bonds. The van der Waals surface area contributed by atoms with Gasteiger partial charge in [-0.2, -0.15) is 11.3 Å². The smallest absolute Gasteiger partial charge is 0.350 e. The number of amides is 1. The van der Waals surface area contributed by atoms with Crippen LogP contribution in [-0.2, 0) is 9.53 Å². The van der Waals surface area contributed by atoms with Crippen molar-refractivity contribution in [3.63, 3.8) is 0 Å². The minimum Gasteiger partial charge on any atom is -0.451 e. The van der Waals surface area contributed by atoms with Crippen molar-refractivity contribution in [3.8, 4) is 10.6 Å². The van der Waals surface area contributed by atoms with Crippen molar-refractivity contribution in [2.45, 2.75) is 13.8 Å². The number of hydrogen-bond donors (Lipinski definition) is 1. The van der Waals surface area contributed by atoms with Gasteiger partial charge in [-0.05, 0) is 58.9 Å². The van der Waals surface area contributed by atoms with E-state index in [0.29, 0.717) is 16.3 Å². The Morgan fingerprint density at radius 1 is 1.27 bits per heavy atom. The molecule has 0 saturated heterocycles. The average molecular weight is 451 g/mol. The molecule has 26 heavy (non-hydrogen) atoms. The Hall–Kier alpha value is -2.03. The monoisotopic (exact) mass is 450 g/mol. The van der Waals surface area contributed by atoms with Gasteiger partial charge in [-0.25, -0.2) is 9.78 Å². The van der Waals surface area contributed by atoms with E-state index in [9.17, 15) is 9.59 Å². The lowest BCUT2D eigenvalue weighted by Gasteiger charge is -2.08. The molecule has 0 saturated carbocycles. The van der Waals surface area contributed by atoms with E-state index in [0.717, 1.165) is 20.6 Å². The van der Waals surface area contributed by atoms with E-state index in [2.05, 4.69) is 26.2 Å². The Labute approximate surface area is 167 Å². The van der Waals surface area contributed by atoms with Crippen LogP contribution >= 0.6 is 38.6 Å². The molecule has 3 rings (SSSR count). The van der Waals surface area contributed by atoms with Crippen LogP contribution in [0.1, 0.15) is 20.9 Å². The number of nitrogens with one attached hydrogen (secondary N) is 1. The summed E-state index contributed by atoms with van der Waals surface area (Å²) in [6, 6.07) is 7.53. The number of halogens is 1. The molecule has 3 aromatic rings. The van der Waals surface area contributed by atoms with Crippen molar-refractivity contribution in [3.05, 3.63) is 55.6 Å². The predicted molar refractivity (Wildman–Crippen MR) is 108 cm³/mol. The number of rotatable bonds is 5. The van der Waals surface area contributed by atoms with Crippen LogP contribution in [0.3, 0.4) is 0 Å². The van der Waals surface area contributed by atoms with Gasteiger partial charge in [0.1, 0.15) is 9.88 Å². The zero-order valence-electron chi connectivity index (χ0n) is 14.0. The first-order valence-electron chi connectivity index (χ1n) is 7.67. The second kappa shape index (κ2) is 8.11. The maximum absolute atomic E-state index is 12.3. The van der Waals surface area contributed by atoms with Crippen LogP contribution in [0, 0.1) is 13.8 Å². The van der Waals surface area contributed by atoms with Gasteiger partial charge in [0.15, 0.2) is 6.61 Å². The molecule has 8 heteroatoms. The quantitative estimate of drug-likeness (QED) is 0.552. The number of carbonyl (C=O) groups is 2. The average Bonchev–Trinajstić information content (AvgIpc) is 3.24. The second-order valence-electron chi connectivity index (χ2n) is 5.55. The summed E-state index contributed by atoms with van der Waals surface area (Å²) in [5.41, 5.74) is 3.28. The number of nitrogens with zero attached hydrogens (tertiary/aromatic N) is 1. The first kappa shape index (κ1) is 18.8. The molecule has 0 aliphatic rings. The van der Waals surface area contributed by atoms with Gasteiger partial charge in [0.25, 0.3) is 5.91 Å². The summed E-state index contributed by atoms with van der Waals surface area (Å²) in [4.78, 5) is 29.1. The summed E-state index contributed by atoms with van der Waals surface area (Å²) in [5.74, 6) is -0.942. The van der Waals surface area contributed by atoms with Gasteiger partial charge in [0.2, 0.25) is 0 Å². The zero-order chi connectivity index (χ0) is 18.7. The van der Waals surface area contributed by atoms with Crippen molar-refractivity contribution < 1.29 is 14.3 Å². The zero-order valence-corrected chi connectivity index (χ0v) is 17.3. The maximum Gasteiger partial charge on any atom is 0.350 e. The number of ether oxygens (including phenoxy) is 1. The Morgan fingerprint density at radius 2 is 2.08 bits per heavy atom. The van der Waals surface area contributed by atoms with Crippen LogP contribution in [0.4, 0.5) is 5.69 Å². The molecule has 0 spiro atoms. The van der Waals surface area contributed by atoms with Crippen molar-refractivity contribution in [1.29, 1.82) is 0 Å². The van der Waals surface area contributed by atoms with Gasteiger partial charge in [0.05, 0.1) is 11.4 Å². The van der Waals surface area contributed by atoms with Gasteiger partial charge in [0, 0.05) is 15.4 Å². The summed E-state index contributed by atoms with van der Waals surface area (Å²) < 4.78 is 5.92. The summed E-state index contributed by atoms with van der Waals surface area (Å²) in [6.07, 6.45) is 0. The van der Waals surface area contributed by atoms with E-state index in [1.54, 1.807) is 24.3 Å². The van der Waals surface area contributed by atoms with E-state index >= 15 is 0 Å². The molecule has 2 heterocycles. The van der Waals surface area contributed by atoms with Gasteiger partial charge >= 0.3 is 5.97 Å². The molecule has 5 nitrogen and oxygen atoms in total. The minimum atomic E-state index is -0.542. The third-order valence-corrected chi connectivity index (χ3v) is 6.01. The standard InChI is InChI=1S/C18H15BrN2O3S2/c1-10-3-4-14(13(19)7-10)21-15(22)8-24-18(23)16-11(2)20-17(26-16)12-5-6-25-9-12/h3-7,9H,8H2,1-2H3,(H,21,22). The third kappa shape index (κ3) is 4.38.